The Bertz CT molecular complexity index is 15.5. The molecule has 6 heavy (non-hydrogen) atoms. The van der Waals surface area contributed by atoms with Crippen LogP contribution in [0.25, 0.3) is 0 Å². The topological polar surface area (TPSA) is 0 Å². The van der Waals surface area contributed by atoms with Gasteiger partial charge in [0.2, 0.25) is 0 Å². The average Bonchev–Trinajstić information content (AvgIpc) is 0. The van der Waals surface area contributed by atoms with Crippen LogP contribution in [0.1, 0.15) is 0 Å². The van der Waals surface area contributed by atoms with E-state index >= 15 is 0 Å². The minimum Gasteiger partial charge on any atom is 0 e. The summed E-state index contributed by atoms with van der Waals surface area (Å²) < 4.78 is 0. The number of rotatable bonds is 0. The first kappa shape index (κ1) is 52.5. The molecule has 0 aromatic carbocycles. The van der Waals surface area contributed by atoms with Crippen LogP contribution in [0.5, 0.6) is 0 Å². The minimum atomic E-state index is 0. The predicted molar refractivity (Wildman–Crippen MR) is 5.75 cm³/mol. The predicted octanol–water partition coefficient (Wildman–Crippen LogP) is -0.391. The molecular weight excluding hydrogens is 647 g/mol. The third-order valence-corrected chi connectivity index (χ3v) is 0. The zero-order chi connectivity index (χ0) is 0. The second-order valence-corrected chi connectivity index (χ2v) is 0. The molecule has 0 rings (SSSR count). The van der Waals surface area contributed by atoms with E-state index in [4.69, 9.17) is 0 Å². The van der Waals surface area contributed by atoms with Crippen LogP contribution in [0, 0.1) is 40.8 Å². The average molecular weight is 647 g/mol. The smallest absolute Gasteiger partial charge is 0 e. The minimum absolute atomic E-state index is 0. The van der Waals surface area contributed by atoms with Gasteiger partial charge in [0, 0.05) is 125 Å². The molecule has 0 saturated heterocycles. The Morgan fingerprint density at radius 1 is 1.00 bits per heavy atom. The van der Waals surface area contributed by atoms with E-state index in [1.807, 2.05) is 0 Å². The molecule has 5 radical (unpaired) electrons. The van der Waals surface area contributed by atoms with Crippen molar-refractivity contribution in [3.63, 3.8) is 0 Å². The molecule has 6 heteroatoms. The van der Waals surface area contributed by atoms with Crippen molar-refractivity contribution in [3.05, 3.63) is 0 Å². The van der Waals surface area contributed by atoms with Crippen LogP contribution in [-0.4, -0.2) is 8.41 Å². The first-order valence-electron chi connectivity index (χ1n) is 0. The first-order chi connectivity index (χ1) is 0. The molecule has 39 valence electrons. The second kappa shape index (κ2) is 37.0. The van der Waals surface area contributed by atoms with Gasteiger partial charge in [-0.05, 0) is 0 Å². The molecule has 0 aromatic heterocycles. The van der Waals surface area contributed by atoms with Gasteiger partial charge in [-0.2, -0.15) is 0 Å². The second-order valence-electron chi connectivity index (χ2n) is 0. The van der Waals surface area contributed by atoms with Crippen molar-refractivity contribution in [3.8, 4) is 0 Å². The fraction of sp³-hybridized carbons (Fsp3) is 0. The monoisotopic (exact) mass is 646 g/mol. The van der Waals surface area contributed by atoms with Crippen LogP contribution >= 0.6 is 0 Å². The molecule has 0 spiro atoms. The maximum atomic E-state index is 0. The van der Waals surface area contributed by atoms with Gasteiger partial charge in [-0.25, -0.2) is 0 Å². The third-order valence-electron chi connectivity index (χ3n) is 0. The summed E-state index contributed by atoms with van der Waals surface area (Å²) in [6, 6.07) is 0. The SMILES string of the molecule is [B].[Co].[Cr].[Nd].[Pt].[Re]. The summed E-state index contributed by atoms with van der Waals surface area (Å²) >= 11 is 0. The summed E-state index contributed by atoms with van der Waals surface area (Å²) in [5.74, 6) is 0. The van der Waals surface area contributed by atoms with Gasteiger partial charge in [-0.1, -0.05) is 0 Å². The molecule has 0 fully saturated rings. The summed E-state index contributed by atoms with van der Waals surface area (Å²) in [5.41, 5.74) is 0. The van der Waals surface area contributed by atoms with Gasteiger partial charge in [0.1, 0.15) is 0 Å². The van der Waals surface area contributed by atoms with Gasteiger partial charge in [0.15, 0.2) is 0 Å². The zero-order valence-corrected chi connectivity index (χ0v) is 13.0. The van der Waals surface area contributed by atoms with Crippen LogP contribution < -0.4 is 0 Å². The Balaban J connectivity index is 0. The van der Waals surface area contributed by atoms with E-state index in [1.165, 1.54) is 0 Å². The van der Waals surface area contributed by atoms with Crippen LogP contribution in [-0.2, 0) is 75.6 Å². The van der Waals surface area contributed by atoms with Crippen LogP contribution in [0.3, 0.4) is 0 Å². The Morgan fingerprint density at radius 2 is 1.00 bits per heavy atom. The van der Waals surface area contributed by atoms with Gasteiger partial charge in [0.05, 0.1) is 0 Å². The summed E-state index contributed by atoms with van der Waals surface area (Å²) in [7, 11) is 0. The van der Waals surface area contributed by atoms with Crippen LogP contribution in [0.2, 0.25) is 0 Å². The molecule has 0 unspecified atom stereocenters. The molecule has 0 aromatic rings. The van der Waals surface area contributed by atoms with E-state index in [0.717, 1.165) is 0 Å². The number of hydrogen-bond acceptors (Lipinski definition) is 0. The normalized spacial score (nSPS) is 0. The maximum Gasteiger partial charge on any atom is 0 e. The fourth-order valence-corrected chi connectivity index (χ4v) is 0. The van der Waals surface area contributed by atoms with Crippen molar-refractivity contribution in [2.75, 3.05) is 0 Å². The summed E-state index contributed by atoms with van der Waals surface area (Å²) in [5, 5.41) is 0. The van der Waals surface area contributed by atoms with E-state index in [0.29, 0.717) is 0 Å². The molecule has 0 aliphatic rings. The molecule has 0 nitrogen and oxygen atoms in total. The molecule has 0 aliphatic heterocycles. The van der Waals surface area contributed by atoms with Crippen LogP contribution in [0.4, 0.5) is 0 Å². The van der Waals surface area contributed by atoms with Crippen molar-refractivity contribution >= 4 is 8.41 Å². The van der Waals surface area contributed by atoms with Crippen molar-refractivity contribution in [2.45, 2.75) is 0 Å². The maximum absolute atomic E-state index is 0. The molecule has 0 saturated carbocycles. The Kier molecular flexibility index (Phi) is 324. The van der Waals surface area contributed by atoms with Crippen molar-refractivity contribution < 1.29 is 116 Å². The number of hydrogen-bond donors (Lipinski definition) is 0. The van der Waals surface area contributed by atoms with Crippen molar-refractivity contribution in [1.82, 2.24) is 0 Å². The molecule has 0 atom stereocenters. The Morgan fingerprint density at radius 3 is 1.00 bits per heavy atom. The third kappa shape index (κ3) is 25.0. The quantitative estimate of drug-likeness (QED) is 0.315. The van der Waals surface area contributed by atoms with E-state index in [1.54, 1.807) is 0 Å². The van der Waals surface area contributed by atoms with Gasteiger partial charge in [-0.15, -0.1) is 0 Å². The summed E-state index contributed by atoms with van der Waals surface area (Å²) in [4.78, 5) is 0. The van der Waals surface area contributed by atoms with Crippen molar-refractivity contribution in [1.29, 1.82) is 0 Å². The molecule has 0 amide bonds. The van der Waals surface area contributed by atoms with Gasteiger partial charge >= 0.3 is 0 Å². The Hall–Kier alpha value is 3.81. The van der Waals surface area contributed by atoms with E-state index in [-0.39, 0.29) is 125 Å². The summed E-state index contributed by atoms with van der Waals surface area (Å²) in [6.45, 7) is 0. The van der Waals surface area contributed by atoms with E-state index < -0.39 is 0 Å². The standard InChI is InChI=1S/B.Co.Cr.Nd.Pt.Re. The largest absolute Gasteiger partial charge is 0 e. The molecule has 0 heterocycles. The van der Waals surface area contributed by atoms with E-state index in [9.17, 15) is 0 Å². The van der Waals surface area contributed by atoms with Crippen molar-refractivity contribution in [2.24, 2.45) is 0 Å². The van der Waals surface area contributed by atoms with Gasteiger partial charge in [0.25, 0.3) is 0 Å². The van der Waals surface area contributed by atoms with E-state index in [2.05, 4.69) is 0 Å². The first-order valence-corrected chi connectivity index (χ1v) is 0. The molecule has 0 bridgehead atoms. The van der Waals surface area contributed by atoms with Gasteiger partial charge < -0.3 is 0 Å². The molecule has 0 N–H and O–H groups in total. The fourth-order valence-electron chi connectivity index (χ4n) is 0. The Labute approximate surface area is 122 Å². The molecular formula is BCoCrNdPtRe. The molecule has 0 aliphatic carbocycles. The summed E-state index contributed by atoms with van der Waals surface area (Å²) in [6.07, 6.45) is 0. The zero-order valence-electron chi connectivity index (χ0n) is 2.51. The van der Waals surface area contributed by atoms with Gasteiger partial charge in [-0.3, -0.25) is 0 Å². The van der Waals surface area contributed by atoms with Crippen LogP contribution in [0.15, 0.2) is 0 Å².